The van der Waals surface area contributed by atoms with Gasteiger partial charge in [-0.15, -0.1) is 0 Å². The van der Waals surface area contributed by atoms with Gasteiger partial charge in [0.1, 0.15) is 30.2 Å². The molecule has 0 radical (unpaired) electrons. The lowest BCUT2D eigenvalue weighted by molar-refractivity contribution is -0.277. The van der Waals surface area contributed by atoms with Crippen LogP contribution in [0, 0.1) is 6.92 Å². The van der Waals surface area contributed by atoms with Gasteiger partial charge >= 0.3 is 0 Å². The van der Waals surface area contributed by atoms with E-state index in [0.717, 1.165) is 24.0 Å². The van der Waals surface area contributed by atoms with E-state index in [2.05, 4.69) is 26.8 Å². The Kier molecular flexibility index (Phi) is 7.82. The first-order chi connectivity index (χ1) is 12.7. The van der Waals surface area contributed by atoms with Gasteiger partial charge < -0.3 is 29.9 Å². The first-order valence-corrected chi connectivity index (χ1v) is 9.45. The van der Waals surface area contributed by atoms with Gasteiger partial charge in [-0.05, 0) is 56.7 Å². The fourth-order valence-corrected chi connectivity index (χ4v) is 3.22. The lowest BCUT2D eigenvalue weighted by Gasteiger charge is -2.40. The second-order valence-electron chi connectivity index (χ2n) is 7.62. The molecule has 0 saturated carbocycles. The van der Waals surface area contributed by atoms with Crippen molar-refractivity contribution < 1.29 is 29.9 Å². The van der Waals surface area contributed by atoms with Crippen molar-refractivity contribution in [1.29, 1.82) is 0 Å². The van der Waals surface area contributed by atoms with Crippen molar-refractivity contribution in [3.05, 3.63) is 41.0 Å². The Hall–Kier alpha value is -1.44. The third-order valence-electron chi connectivity index (χ3n) is 4.94. The summed E-state index contributed by atoms with van der Waals surface area (Å²) in [6, 6.07) is 5.88. The highest BCUT2D eigenvalue weighted by atomic mass is 16.7. The number of hydrogen-bond acceptors (Lipinski definition) is 6. The summed E-state index contributed by atoms with van der Waals surface area (Å²) in [5, 5.41) is 39.5. The van der Waals surface area contributed by atoms with Crippen LogP contribution in [0.5, 0.6) is 5.75 Å². The van der Waals surface area contributed by atoms with Crippen molar-refractivity contribution in [2.45, 2.75) is 77.2 Å². The molecule has 6 nitrogen and oxygen atoms in total. The van der Waals surface area contributed by atoms with Crippen LogP contribution >= 0.6 is 0 Å². The molecule has 1 aromatic rings. The smallest absolute Gasteiger partial charge is 0.229 e. The number of aliphatic hydroxyl groups excluding tert-OH is 4. The van der Waals surface area contributed by atoms with Crippen LogP contribution in [0.3, 0.4) is 0 Å². The summed E-state index contributed by atoms with van der Waals surface area (Å²) in [7, 11) is 0. The Morgan fingerprint density at radius 2 is 1.89 bits per heavy atom. The van der Waals surface area contributed by atoms with Crippen LogP contribution in [-0.2, 0) is 4.74 Å². The Balaban J connectivity index is 2.19. The monoisotopic (exact) mass is 380 g/mol. The van der Waals surface area contributed by atoms with Crippen LogP contribution < -0.4 is 4.74 Å². The SMILES string of the molecule is CC(C)=CCC[C@H](C)c1ccc(C)cc1O[C@@H]1OC(CO)[C@@H](O)C(O)[C@@H]1O. The summed E-state index contributed by atoms with van der Waals surface area (Å²) in [5.74, 6) is 0.796. The average molecular weight is 380 g/mol. The molecule has 0 bridgehead atoms. The minimum Gasteiger partial charge on any atom is -0.462 e. The molecule has 27 heavy (non-hydrogen) atoms. The Morgan fingerprint density at radius 3 is 2.52 bits per heavy atom. The molecule has 1 aliphatic rings. The zero-order chi connectivity index (χ0) is 20.1. The number of allylic oxidation sites excluding steroid dienone is 2. The van der Waals surface area contributed by atoms with Crippen molar-refractivity contribution in [1.82, 2.24) is 0 Å². The first-order valence-electron chi connectivity index (χ1n) is 9.45. The molecule has 0 aliphatic carbocycles. The van der Waals surface area contributed by atoms with Crippen LogP contribution in [0.1, 0.15) is 50.7 Å². The van der Waals surface area contributed by atoms with Gasteiger partial charge in [0.05, 0.1) is 6.61 Å². The van der Waals surface area contributed by atoms with Crippen molar-refractivity contribution in [2.75, 3.05) is 6.61 Å². The molecule has 1 heterocycles. The largest absolute Gasteiger partial charge is 0.462 e. The van der Waals surface area contributed by atoms with E-state index in [1.165, 1.54) is 5.57 Å². The number of ether oxygens (including phenoxy) is 2. The molecule has 0 aromatic heterocycles. The predicted molar refractivity (Wildman–Crippen MR) is 103 cm³/mol. The van der Waals surface area contributed by atoms with E-state index >= 15 is 0 Å². The zero-order valence-corrected chi connectivity index (χ0v) is 16.5. The maximum absolute atomic E-state index is 10.2. The summed E-state index contributed by atoms with van der Waals surface area (Å²) >= 11 is 0. The van der Waals surface area contributed by atoms with Gasteiger partial charge in [-0.25, -0.2) is 0 Å². The van der Waals surface area contributed by atoms with Crippen LogP contribution in [-0.4, -0.2) is 57.7 Å². The molecule has 1 fully saturated rings. The maximum atomic E-state index is 10.2. The molecular weight excluding hydrogens is 348 g/mol. The van der Waals surface area contributed by atoms with E-state index in [1.807, 2.05) is 25.1 Å². The summed E-state index contributed by atoms with van der Waals surface area (Å²) in [5.41, 5.74) is 3.26. The molecule has 2 rings (SSSR count). The van der Waals surface area contributed by atoms with Gasteiger partial charge in [-0.2, -0.15) is 0 Å². The molecule has 1 saturated heterocycles. The van der Waals surface area contributed by atoms with E-state index in [-0.39, 0.29) is 5.92 Å². The third kappa shape index (κ3) is 5.53. The van der Waals surface area contributed by atoms with E-state index < -0.39 is 37.3 Å². The Bertz CT molecular complexity index is 638. The molecule has 1 aliphatic heterocycles. The molecule has 152 valence electrons. The normalized spacial score (nSPS) is 29.3. The minimum atomic E-state index is -1.45. The lowest BCUT2D eigenvalue weighted by atomic mass is 9.94. The summed E-state index contributed by atoms with van der Waals surface area (Å²) in [6.07, 6.45) is -2.34. The van der Waals surface area contributed by atoms with E-state index in [9.17, 15) is 20.4 Å². The quantitative estimate of drug-likeness (QED) is 0.540. The Morgan fingerprint density at radius 1 is 1.19 bits per heavy atom. The topological polar surface area (TPSA) is 99.4 Å². The van der Waals surface area contributed by atoms with Gasteiger partial charge in [0, 0.05) is 0 Å². The minimum absolute atomic E-state index is 0.223. The summed E-state index contributed by atoms with van der Waals surface area (Å²) in [4.78, 5) is 0. The maximum Gasteiger partial charge on any atom is 0.229 e. The van der Waals surface area contributed by atoms with Crippen LogP contribution in [0.25, 0.3) is 0 Å². The fourth-order valence-electron chi connectivity index (χ4n) is 3.22. The van der Waals surface area contributed by atoms with E-state index in [0.29, 0.717) is 5.75 Å². The highest BCUT2D eigenvalue weighted by Gasteiger charge is 2.44. The van der Waals surface area contributed by atoms with Crippen LogP contribution in [0.2, 0.25) is 0 Å². The van der Waals surface area contributed by atoms with Crippen molar-refractivity contribution >= 4 is 0 Å². The number of aryl methyl sites for hydroxylation is 1. The van der Waals surface area contributed by atoms with Crippen molar-refractivity contribution in [3.63, 3.8) is 0 Å². The summed E-state index contributed by atoms with van der Waals surface area (Å²) < 4.78 is 11.4. The number of aliphatic hydroxyl groups is 4. The van der Waals surface area contributed by atoms with Gasteiger partial charge in [-0.1, -0.05) is 30.7 Å². The third-order valence-corrected chi connectivity index (χ3v) is 4.94. The standard InChI is InChI=1S/C21H32O6/c1-12(2)6-5-7-14(4)15-9-8-13(3)10-16(15)26-21-20(25)19(24)18(23)17(11-22)27-21/h6,8-10,14,17-25H,5,7,11H2,1-4H3/t14-,17?,18+,19?,20-,21+/m0/s1. The number of benzene rings is 1. The fraction of sp³-hybridized carbons (Fsp3) is 0.619. The van der Waals surface area contributed by atoms with Crippen molar-refractivity contribution in [2.24, 2.45) is 0 Å². The van der Waals surface area contributed by atoms with Gasteiger partial charge in [0.2, 0.25) is 6.29 Å². The highest BCUT2D eigenvalue weighted by Crippen LogP contribution is 2.33. The second-order valence-corrected chi connectivity index (χ2v) is 7.62. The van der Waals surface area contributed by atoms with Gasteiger partial charge in [0.25, 0.3) is 0 Å². The average Bonchev–Trinajstić information content (AvgIpc) is 2.61. The number of rotatable bonds is 7. The predicted octanol–water partition coefficient (Wildman–Crippen LogP) is 2.02. The van der Waals surface area contributed by atoms with Crippen molar-refractivity contribution in [3.8, 4) is 5.75 Å². The Labute approximate surface area is 161 Å². The van der Waals surface area contributed by atoms with Gasteiger partial charge in [-0.3, -0.25) is 0 Å². The van der Waals surface area contributed by atoms with E-state index in [4.69, 9.17) is 9.47 Å². The molecular formula is C21H32O6. The van der Waals surface area contributed by atoms with Gasteiger partial charge in [0.15, 0.2) is 0 Å². The molecule has 0 spiro atoms. The molecule has 6 atom stereocenters. The molecule has 0 amide bonds. The van der Waals surface area contributed by atoms with Crippen LogP contribution in [0.4, 0.5) is 0 Å². The molecule has 4 N–H and O–H groups in total. The zero-order valence-electron chi connectivity index (χ0n) is 16.5. The summed E-state index contributed by atoms with van der Waals surface area (Å²) in [6.45, 7) is 7.72. The first kappa shape index (κ1) is 21.9. The van der Waals surface area contributed by atoms with Crippen LogP contribution in [0.15, 0.2) is 29.8 Å². The highest BCUT2D eigenvalue weighted by molar-refractivity contribution is 5.39. The molecule has 6 heteroatoms. The van der Waals surface area contributed by atoms with E-state index in [1.54, 1.807) is 0 Å². The molecule has 2 unspecified atom stereocenters. The second kappa shape index (κ2) is 9.66. The lowest BCUT2D eigenvalue weighted by Crippen LogP contribution is -2.60. The molecule has 1 aromatic carbocycles. The number of hydrogen-bond donors (Lipinski definition) is 4.